The molecule has 1 fully saturated rings. The zero-order valence-electron chi connectivity index (χ0n) is 15.1. The highest BCUT2D eigenvalue weighted by Crippen LogP contribution is 2.30. The Morgan fingerprint density at radius 3 is 2.75 bits per heavy atom. The fourth-order valence-corrected chi connectivity index (χ4v) is 5.76. The van der Waals surface area contributed by atoms with Crippen LogP contribution in [0.1, 0.15) is 25.7 Å². The molecule has 142 valence electrons. The van der Waals surface area contributed by atoms with Crippen LogP contribution in [0.4, 0.5) is 0 Å². The molecule has 0 spiro atoms. The van der Waals surface area contributed by atoms with Gasteiger partial charge in [0.15, 0.2) is 0 Å². The van der Waals surface area contributed by atoms with Crippen molar-refractivity contribution in [1.29, 1.82) is 0 Å². The molecule has 0 atom stereocenters. The number of nitrogens with zero attached hydrogens (tertiary/aromatic N) is 3. The molecular weight excluding hydrogens is 438 g/mol. The number of pyridine rings is 1. The normalized spacial score (nSPS) is 15.0. The minimum Gasteiger partial charge on any atom is -0.292 e. The van der Waals surface area contributed by atoms with Crippen molar-refractivity contribution in [3.8, 4) is 5.69 Å². The van der Waals surface area contributed by atoms with Crippen molar-refractivity contribution < 1.29 is 0 Å². The molecule has 1 aromatic carbocycles. The van der Waals surface area contributed by atoms with Crippen LogP contribution < -0.4 is 11.2 Å². The van der Waals surface area contributed by atoms with Crippen LogP contribution in [-0.2, 0) is 6.54 Å². The van der Waals surface area contributed by atoms with Crippen LogP contribution in [0.5, 0.6) is 0 Å². The zero-order chi connectivity index (χ0) is 19.3. The van der Waals surface area contributed by atoms with E-state index in [2.05, 4.69) is 20.9 Å². The SMILES string of the molecule is O=c1c2sc(Br)cc2n(CC2CCCC2)c(=O)n1-c1cncc2ccccc12. The molecule has 1 aliphatic carbocycles. The van der Waals surface area contributed by atoms with Crippen LogP contribution in [0.2, 0.25) is 0 Å². The van der Waals surface area contributed by atoms with E-state index in [0.717, 1.165) is 32.9 Å². The number of aromatic nitrogens is 3. The van der Waals surface area contributed by atoms with E-state index in [1.54, 1.807) is 17.0 Å². The van der Waals surface area contributed by atoms with Gasteiger partial charge in [0.1, 0.15) is 4.70 Å². The Labute approximate surface area is 173 Å². The summed E-state index contributed by atoms with van der Waals surface area (Å²) in [5.41, 5.74) is 0.701. The first-order valence-electron chi connectivity index (χ1n) is 9.41. The van der Waals surface area contributed by atoms with E-state index in [4.69, 9.17) is 0 Å². The van der Waals surface area contributed by atoms with E-state index in [1.807, 2.05) is 30.3 Å². The van der Waals surface area contributed by atoms with Gasteiger partial charge in [-0.15, -0.1) is 11.3 Å². The lowest BCUT2D eigenvalue weighted by atomic mass is 10.1. The monoisotopic (exact) mass is 455 g/mol. The molecule has 0 unspecified atom stereocenters. The van der Waals surface area contributed by atoms with Gasteiger partial charge < -0.3 is 0 Å². The molecule has 3 heterocycles. The predicted octanol–water partition coefficient (Wildman–Crippen LogP) is 4.71. The fraction of sp³-hybridized carbons (Fsp3) is 0.286. The highest BCUT2D eigenvalue weighted by Gasteiger charge is 2.22. The number of fused-ring (bicyclic) bond motifs is 2. The van der Waals surface area contributed by atoms with Gasteiger partial charge >= 0.3 is 5.69 Å². The van der Waals surface area contributed by atoms with Crippen LogP contribution in [-0.4, -0.2) is 14.1 Å². The Hall–Kier alpha value is -2.25. The summed E-state index contributed by atoms with van der Waals surface area (Å²) in [4.78, 5) is 31.1. The fourth-order valence-electron chi connectivity index (χ4n) is 4.24. The Balaban J connectivity index is 1.84. The number of hydrogen-bond acceptors (Lipinski definition) is 4. The predicted molar refractivity (Wildman–Crippen MR) is 117 cm³/mol. The van der Waals surface area contributed by atoms with Gasteiger partial charge in [-0.25, -0.2) is 9.36 Å². The van der Waals surface area contributed by atoms with Crippen molar-refractivity contribution in [2.24, 2.45) is 5.92 Å². The van der Waals surface area contributed by atoms with Crippen LogP contribution in [0, 0.1) is 5.92 Å². The van der Waals surface area contributed by atoms with Crippen LogP contribution in [0.3, 0.4) is 0 Å². The second kappa shape index (κ2) is 6.97. The number of halogens is 1. The lowest BCUT2D eigenvalue weighted by molar-refractivity contribution is 0.449. The van der Waals surface area contributed by atoms with E-state index in [0.29, 0.717) is 22.8 Å². The molecule has 0 radical (unpaired) electrons. The summed E-state index contributed by atoms with van der Waals surface area (Å²) in [6, 6.07) is 9.59. The van der Waals surface area contributed by atoms with E-state index >= 15 is 0 Å². The summed E-state index contributed by atoms with van der Waals surface area (Å²) in [7, 11) is 0. The average molecular weight is 456 g/mol. The second-order valence-corrected chi connectivity index (χ2v) is 9.76. The Morgan fingerprint density at radius 1 is 1.14 bits per heavy atom. The molecule has 4 aromatic rings. The maximum absolute atomic E-state index is 13.5. The number of thiophene rings is 1. The molecule has 0 saturated heterocycles. The molecule has 3 aromatic heterocycles. The first kappa shape index (κ1) is 17.8. The third kappa shape index (κ3) is 2.84. The molecule has 28 heavy (non-hydrogen) atoms. The second-order valence-electron chi connectivity index (χ2n) is 7.33. The standard InChI is InChI=1S/C21H18BrN3O2S/c22-18-9-16-19(28-18)20(26)25(21(27)24(16)12-13-5-1-2-6-13)17-11-23-10-14-7-3-4-8-15(14)17/h3-4,7-11,13H,1-2,5-6,12H2. The van der Waals surface area contributed by atoms with Crippen molar-refractivity contribution in [2.45, 2.75) is 32.2 Å². The Bertz CT molecular complexity index is 1310. The van der Waals surface area contributed by atoms with E-state index in [1.165, 1.54) is 28.7 Å². The first-order chi connectivity index (χ1) is 13.6. The minimum atomic E-state index is -0.284. The summed E-state index contributed by atoms with van der Waals surface area (Å²) in [6.07, 6.45) is 8.05. The van der Waals surface area contributed by atoms with Crippen molar-refractivity contribution in [3.05, 3.63) is 67.4 Å². The van der Waals surface area contributed by atoms with E-state index in [9.17, 15) is 9.59 Å². The zero-order valence-corrected chi connectivity index (χ0v) is 17.5. The van der Waals surface area contributed by atoms with Crippen LogP contribution in [0.15, 0.2) is 56.1 Å². The number of hydrogen-bond donors (Lipinski definition) is 0. The third-order valence-electron chi connectivity index (χ3n) is 5.60. The number of rotatable bonds is 3. The molecule has 0 N–H and O–H groups in total. The molecule has 5 nitrogen and oxygen atoms in total. The first-order valence-corrected chi connectivity index (χ1v) is 11.0. The lowest BCUT2D eigenvalue weighted by Crippen LogP contribution is -2.39. The van der Waals surface area contributed by atoms with Gasteiger partial charge in [0.2, 0.25) is 0 Å². The summed E-state index contributed by atoms with van der Waals surface area (Å²) in [5, 5.41) is 1.75. The summed E-state index contributed by atoms with van der Waals surface area (Å²) < 4.78 is 4.54. The maximum Gasteiger partial charge on any atom is 0.336 e. The van der Waals surface area contributed by atoms with Gasteiger partial charge in [0.25, 0.3) is 5.56 Å². The third-order valence-corrected chi connectivity index (χ3v) is 7.21. The van der Waals surface area contributed by atoms with E-state index < -0.39 is 0 Å². The molecule has 7 heteroatoms. The van der Waals surface area contributed by atoms with Gasteiger partial charge in [-0.3, -0.25) is 14.3 Å². The molecule has 0 aliphatic heterocycles. The average Bonchev–Trinajstić information content (AvgIpc) is 3.35. The van der Waals surface area contributed by atoms with Crippen LogP contribution >= 0.6 is 27.3 Å². The largest absolute Gasteiger partial charge is 0.336 e. The molecule has 1 aliphatic rings. The number of benzene rings is 1. The van der Waals surface area contributed by atoms with Gasteiger partial charge in [-0.05, 0) is 40.8 Å². The maximum atomic E-state index is 13.5. The smallest absolute Gasteiger partial charge is 0.292 e. The molecule has 5 rings (SSSR count). The Morgan fingerprint density at radius 2 is 1.93 bits per heavy atom. The van der Waals surface area contributed by atoms with Crippen molar-refractivity contribution >= 4 is 48.3 Å². The Kier molecular flexibility index (Phi) is 4.44. The van der Waals surface area contributed by atoms with Gasteiger partial charge in [0, 0.05) is 23.5 Å². The van der Waals surface area contributed by atoms with Crippen LogP contribution in [0.25, 0.3) is 26.7 Å². The highest BCUT2D eigenvalue weighted by molar-refractivity contribution is 9.11. The quantitative estimate of drug-likeness (QED) is 0.449. The molecule has 1 saturated carbocycles. The molecular formula is C21H18BrN3O2S. The summed E-state index contributed by atoms with van der Waals surface area (Å²) >= 11 is 4.87. The van der Waals surface area contributed by atoms with Crippen molar-refractivity contribution in [3.63, 3.8) is 0 Å². The topological polar surface area (TPSA) is 56.9 Å². The van der Waals surface area contributed by atoms with Crippen molar-refractivity contribution in [1.82, 2.24) is 14.1 Å². The summed E-state index contributed by atoms with van der Waals surface area (Å²) in [5.74, 6) is 0.483. The highest BCUT2D eigenvalue weighted by atomic mass is 79.9. The van der Waals surface area contributed by atoms with E-state index in [-0.39, 0.29) is 11.2 Å². The molecule has 0 bridgehead atoms. The van der Waals surface area contributed by atoms with Gasteiger partial charge in [-0.2, -0.15) is 0 Å². The summed E-state index contributed by atoms with van der Waals surface area (Å²) in [6.45, 7) is 0.650. The van der Waals surface area contributed by atoms with Crippen molar-refractivity contribution in [2.75, 3.05) is 0 Å². The van der Waals surface area contributed by atoms with Gasteiger partial charge in [-0.1, -0.05) is 37.1 Å². The lowest BCUT2D eigenvalue weighted by Gasteiger charge is -2.16. The minimum absolute atomic E-state index is 0.281. The molecule has 0 amide bonds. The van der Waals surface area contributed by atoms with Gasteiger partial charge in [0.05, 0.1) is 21.2 Å².